The number of thiophene rings is 1. The Kier molecular flexibility index (Phi) is 7.51. The van der Waals surface area contributed by atoms with Crippen LogP contribution < -0.4 is 5.19 Å². The topological polar surface area (TPSA) is 25.8 Å². The first-order valence-corrected chi connectivity index (χ1v) is 16.6. The van der Waals surface area contributed by atoms with Gasteiger partial charge >= 0.3 is 0 Å². The van der Waals surface area contributed by atoms with E-state index in [9.17, 15) is 0 Å². The third-order valence-corrected chi connectivity index (χ3v) is 9.46. The summed E-state index contributed by atoms with van der Waals surface area (Å²) in [5, 5.41) is 3.94. The Morgan fingerprint density at radius 1 is 0.789 bits per heavy atom. The van der Waals surface area contributed by atoms with Gasteiger partial charge in [0.1, 0.15) is 0 Å². The van der Waals surface area contributed by atoms with Crippen molar-refractivity contribution in [3.63, 3.8) is 0 Å². The fourth-order valence-corrected chi connectivity index (χ4v) is 6.47. The van der Waals surface area contributed by atoms with Crippen molar-refractivity contribution in [3.8, 4) is 22.5 Å². The van der Waals surface area contributed by atoms with E-state index in [2.05, 4.69) is 72.1 Å². The molecule has 0 amide bonds. The van der Waals surface area contributed by atoms with Crippen LogP contribution in [0.15, 0.2) is 91.3 Å². The van der Waals surface area contributed by atoms with Gasteiger partial charge in [0.25, 0.3) is 0 Å². The number of aromatic nitrogens is 2. The fourth-order valence-electron chi connectivity index (χ4n) is 4.12. The van der Waals surface area contributed by atoms with Gasteiger partial charge < -0.3 is 9.97 Å². The maximum absolute atomic E-state index is 7.51. The Morgan fingerprint density at radius 3 is 2.21 bits per heavy atom. The van der Waals surface area contributed by atoms with E-state index >= 15 is 0 Å². The van der Waals surface area contributed by atoms with Crippen molar-refractivity contribution in [2.75, 3.05) is 0 Å². The number of rotatable bonds is 3. The normalized spacial score (nSPS) is 12.6. The summed E-state index contributed by atoms with van der Waals surface area (Å²) in [6.45, 7) is 6.98. The molecule has 193 valence electrons. The molecule has 2 nitrogen and oxygen atoms in total. The van der Waals surface area contributed by atoms with Gasteiger partial charge in [-0.3, -0.25) is 0 Å². The molecule has 0 spiro atoms. The van der Waals surface area contributed by atoms with Gasteiger partial charge in [0.15, 0.2) is 0 Å². The molecule has 1 radical (unpaired) electrons. The van der Waals surface area contributed by atoms with Gasteiger partial charge in [-0.2, -0.15) is 11.3 Å². The summed E-state index contributed by atoms with van der Waals surface area (Å²) in [6.07, 6.45) is 3.32. The van der Waals surface area contributed by atoms with Crippen LogP contribution in [0.2, 0.25) is 19.6 Å². The second-order valence-electron chi connectivity index (χ2n) is 10.1. The van der Waals surface area contributed by atoms with Crippen molar-refractivity contribution in [2.24, 2.45) is 0 Å². The van der Waals surface area contributed by atoms with E-state index < -0.39 is 14.9 Å². The van der Waals surface area contributed by atoms with Gasteiger partial charge in [-0.05, 0) is 52.4 Å². The number of pyridine rings is 2. The number of benzene rings is 3. The number of hydrogen-bond acceptors (Lipinski definition) is 3. The number of aryl methyl sites for hydroxylation is 2. The molecule has 6 rings (SSSR count). The fraction of sp³-hybridized carbons (Fsp3) is 0.152. The summed E-state index contributed by atoms with van der Waals surface area (Å²) in [6, 6.07) is 32.7. The average Bonchev–Trinajstić information content (AvgIpc) is 3.32. The molecule has 3 heterocycles. The minimum atomic E-state index is -2.13. The molecule has 0 fully saturated rings. The standard InChI is InChI=1S/C21H20NSSi.C12H10N.Ir/c1-14-8-10-19(22-13-14)17-7-5-6-16-18-12-15(24(2,3)4)9-11-20(18)23-21(16)17;1-10-7-8-12(13-9-10)11-5-3-2-4-6-11;/h5-6,8-13H,1-4H3;2-5,7-9H,1H3;/q2*-1;/i1D3;;. The van der Waals surface area contributed by atoms with Gasteiger partial charge in [0, 0.05) is 41.3 Å². The van der Waals surface area contributed by atoms with Crippen LogP contribution in [0.4, 0.5) is 0 Å². The number of nitrogens with zero attached hydrogens (tertiary/aromatic N) is 2. The maximum atomic E-state index is 7.51. The first-order chi connectivity index (χ1) is 19.0. The van der Waals surface area contributed by atoms with E-state index in [4.69, 9.17) is 4.11 Å². The van der Waals surface area contributed by atoms with E-state index in [-0.39, 0.29) is 25.7 Å². The summed E-state index contributed by atoms with van der Waals surface area (Å²) in [5.41, 5.74) is 5.15. The molecule has 0 aliphatic carbocycles. The molecular formula is C33H30IrN2SSi-2. The molecule has 0 aliphatic heterocycles. The minimum Gasteiger partial charge on any atom is -0.304 e. The van der Waals surface area contributed by atoms with E-state index in [0.717, 1.165) is 27.2 Å². The largest absolute Gasteiger partial charge is 0.304 e. The molecule has 0 bridgehead atoms. The molecule has 0 saturated heterocycles. The molecule has 0 N–H and O–H groups in total. The molecule has 0 unspecified atom stereocenters. The van der Waals surface area contributed by atoms with Crippen LogP contribution in [-0.2, 0) is 20.1 Å². The Morgan fingerprint density at radius 2 is 1.55 bits per heavy atom. The van der Waals surface area contributed by atoms with E-state index in [1.165, 1.54) is 32.4 Å². The second kappa shape index (κ2) is 11.8. The monoisotopic (exact) mass is 710 g/mol. The van der Waals surface area contributed by atoms with E-state index in [1.807, 2.05) is 49.5 Å². The minimum absolute atomic E-state index is 0. The van der Waals surface area contributed by atoms with Crippen LogP contribution in [-0.4, -0.2) is 18.0 Å². The van der Waals surface area contributed by atoms with Crippen LogP contribution in [0.1, 0.15) is 15.2 Å². The van der Waals surface area contributed by atoms with Crippen molar-refractivity contribution >= 4 is 44.8 Å². The first-order valence-electron chi connectivity index (χ1n) is 13.7. The third kappa shape index (κ3) is 6.19. The summed E-state index contributed by atoms with van der Waals surface area (Å²) in [4.78, 5) is 8.73. The summed E-state index contributed by atoms with van der Waals surface area (Å²) in [7, 11) is -1.38. The molecule has 3 aromatic carbocycles. The molecule has 5 heteroatoms. The maximum Gasteiger partial charge on any atom is 0.0776 e. The molecule has 3 aromatic heterocycles. The Bertz CT molecular complexity index is 1760. The predicted octanol–water partition coefficient (Wildman–Crippen LogP) is 8.63. The van der Waals surface area contributed by atoms with Crippen molar-refractivity contribution in [1.29, 1.82) is 0 Å². The van der Waals surface area contributed by atoms with Crippen LogP contribution in [0, 0.1) is 25.9 Å². The van der Waals surface area contributed by atoms with Gasteiger partial charge in [-0.15, -0.1) is 59.7 Å². The van der Waals surface area contributed by atoms with Crippen molar-refractivity contribution in [1.82, 2.24) is 9.97 Å². The molecule has 0 aliphatic rings. The van der Waals surface area contributed by atoms with Gasteiger partial charge in [-0.25, -0.2) is 0 Å². The van der Waals surface area contributed by atoms with E-state index in [0.29, 0.717) is 0 Å². The molecular weight excluding hydrogens is 677 g/mol. The third-order valence-electron chi connectivity index (χ3n) is 6.21. The van der Waals surface area contributed by atoms with Crippen LogP contribution in [0.25, 0.3) is 42.7 Å². The molecule has 6 aromatic rings. The molecule has 38 heavy (non-hydrogen) atoms. The molecule has 0 saturated carbocycles. The summed E-state index contributed by atoms with van der Waals surface area (Å²) >= 11 is 1.75. The Hall–Kier alpha value is -2.95. The predicted molar refractivity (Wildman–Crippen MR) is 162 cm³/mol. The van der Waals surface area contributed by atoms with Crippen LogP contribution >= 0.6 is 11.3 Å². The Balaban J connectivity index is 0.000000233. The zero-order valence-corrected chi connectivity index (χ0v) is 26.0. The van der Waals surface area contributed by atoms with Gasteiger partial charge in [-0.1, -0.05) is 66.6 Å². The summed E-state index contributed by atoms with van der Waals surface area (Å²) in [5.74, 6) is 0. The SMILES string of the molecule is Cc1ccc(-c2[c-]cccc2)nc1.[2H]C([2H])([2H])c1ccc(-c2[c-]ccc3c2sc2ccc([Si](C)(C)C)cc23)nc1.[Ir]. The quantitative estimate of drug-likeness (QED) is 0.136. The van der Waals surface area contributed by atoms with Crippen molar-refractivity contribution < 1.29 is 24.2 Å². The van der Waals surface area contributed by atoms with Crippen LogP contribution in [0.3, 0.4) is 0 Å². The Labute approximate surface area is 248 Å². The zero-order chi connectivity index (χ0) is 28.5. The van der Waals surface area contributed by atoms with Gasteiger partial charge in [0.05, 0.1) is 8.07 Å². The first kappa shape index (κ1) is 24.1. The van der Waals surface area contributed by atoms with Crippen molar-refractivity contribution in [3.05, 3.63) is 115 Å². The van der Waals surface area contributed by atoms with Crippen molar-refractivity contribution in [2.45, 2.75) is 33.4 Å². The van der Waals surface area contributed by atoms with E-state index in [1.54, 1.807) is 23.5 Å². The van der Waals surface area contributed by atoms with Gasteiger partial charge in [0.2, 0.25) is 0 Å². The zero-order valence-electron chi connectivity index (χ0n) is 24.8. The summed E-state index contributed by atoms with van der Waals surface area (Å²) < 4.78 is 24.9. The molecule has 0 atom stereocenters. The number of fused-ring (bicyclic) bond motifs is 3. The second-order valence-corrected chi connectivity index (χ2v) is 16.2. The number of hydrogen-bond donors (Lipinski definition) is 0. The van der Waals surface area contributed by atoms with Crippen LogP contribution in [0.5, 0.6) is 0 Å². The average molecular weight is 710 g/mol. The smallest absolute Gasteiger partial charge is 0.0776 e.